The normalized spacial score (nSPS) is 16.8. The van der Waals surface area contributed by atoms with Crippen molar-refractivity contribution in [2.75, 3.05) is 0 Å². The summed E-state index contributed by atoms with van der Waals surface area (Å²) in [5.74, 6) is 0. The zero-order valence-electron chi connectivity index (χ0n) is 6.96. The van der Waals surface area contributed by atoms with Crippen LogP contribution in [0.4, 0.5) is 13.4 Å². The molecule has 0 aliphatic rings. The molecule has 12 heavy (non-hydrogen) atoms. The molecule has 0 spiro atoms. The molecule has 0 amide bonds. The van der Waals surface area contributed by atoms with Gasteiger partial charge in [0.05, 0.1) is 0 Å². The second-order valence-electron chi connectivity index (χ2n) is 2.94. The summed E-state index contributed by atoms with van der Waals surface area (Å²) in [7, 11) is 0. The number of hydrogen-bond donors (Lipinski definition) is 0. The molecular formula is C5H10F3N3O. The molecule has 0 saturated heterocycles. The monoisotopic (exact) mass is 185 g/mol. The van der Waals surface area contributed by atoms with E-state index in [9.17, 15) is 18.7 Å². The molecule has 4 nitrogen and oxygen atoms in total. The lowest BCUT2D eigenvalue weighted by atomic mass is 9.98. The van der Waals surface area contributed by atoms with Gasteiger partial charge in [0, 0.05) is 19.2 Å². The van der Waals surface area contributed by atoms with Gasteiger partial charge >= 0.3 is 0 Å². The van der Waals surface area contributed by atoms with Crippen LogP contribution in [-0.2, 0) is 0 Å². The SMILES string of the molecule is CC(N(F)F)C(C)(C)[N+]([O-])=NF. The Balaban J connectivity index is 4.60. The fourth-order valence-electron chi connectivity index (χ4n) is 0.496. The van der Waals surface area contributed by atoms with Crippen LogP contribution in [0.15, 0.2) is 5.34 Å². The average Bonchev–Trinajstić information content (AvgIpc) is 2.01. The Morgan fingerprint density at radius 2 is 1.92 bits per heavy atom. The van der Waals surface area contributed by atoms with E-state index in [0.29, 0.717) is 0 Å². The fourth-order valence-corrected chi connectivity index (χ4v) is 0.496. The summed E-state index contributed by atoms with van der Waals surface area (Å²) in [6.45, 7) is 3.43. The number of halogens is 3. The van der Waals surface area contributed by atoms with Crippen LogP contribution in [-0.4, -0.2) is 21.8 Å². The molecule has 0 rings (SSSR count). The first-order valence-electron chi connectivity index (χ1n) is 3.24. The first-order chi connectivity index (χ1) is 5.34. The van der Waals surface area contributed by atoms with Gasteiger partial charge in [-0.25, -0.2) is 0 Å². The van der Waals surface area contributed by atoms with Crippen LogP contribution in [0.1, 0.15) is 20.8 Å². The minimum absolute atomic E-state index is 0.385. The van der Waals surface area contributed by atoms with E-state index >= 15 is 0 Å². The topological polar surface area (TPSA) is 41.7 Å². The van der Waals surface area contributed by atoms with Gasteiger partial charge in [-0.15, -0.1) is 8.96 Å². The Bertz CT molecular complexity index is 183. The van der Waals surface area contributed by atoms with E-state index in [1.54, 1.807) is 5.34 Å². The summed E-state index contributed by atoms with van der Waals surface area (Å²) in [4.78, 5) is -0.385. The maximum absolute atomic E-state index is 11.9. The molecule has 0 fully saturated rings. The first-order valence-corrected chi connectivity index (χ1v) is 3.24. The van der Waals surface area contributed by atoms with Gasteiger partial charge in [0.15, 0.2) is 5.34 Å². The van der Waals surface area contributed by atoms with Gasteiger partial charge in [0.25, 0.3) is 0 Å². The predicted octanol–water partition coefficient (Wildman–Crippen LogP) is 2.07. The zero-order valence-corrected chi connectivity index (χ0v) is 6.96. The molecule has 72 valence electrons. The quantitative estimate of drug-likeness (QED) is 0.292. The minimum Gasteiger partial charge on any atom is -0.597 e. The van der Waals surface area contributed by atoms with Crippen LogP contribution in [0.25, 0.3) is 0 Å². The van der Waals surface area contributed by atoms with Crippen LogP contribution >= 0.6 is 0 Å². The van der Waals surface area contributed by atoms with Crippen molar-refractivity contribution in [3.8, 4) is 0 Å². The Hall–Kier alpha value is -0.850. The molecule has 0 N–H and O–H groups in total. The summed E-state index contributed by atoms with van der Waals surface area (Å²) >= 11 is 0. The van der Waals surface area contributed by atoms with E-state index in [-0.39, 0.29) is 4.86 Å². The highest BCUT2D eigenvalue weighted by molar-refractivity contribution is 4.76. The third-order valence-electron chi connectivity index (χ3n) is 1.88. The van der Waals surface area contributed by atoms with E-state index in [2.05, 4.69) is 0 Å². The van der Waals surface area contributed by atoms with Crippen molar-refractivity contribution in [3.63, 3.8) is 0 Å². The Morgan fingerprint density at radius 1 is 1.50 bits per heavy atom. The second-order valence-corrected chi connectivity index (χ2v) is 2.94. The maximum Gasteiger partial charge on any atom is 0.216 e. The molecule has 0 aromatic carbocycles. The lowest BCUT2D eigenvalue weighted by Gasteiger charge is -2.25. The van der Waals surface area contributed by atoms with Crippen LogP contribution in [0.3, 0.4) is 0 Å². The zero-order chi connectivity index (χ0) is 9.94. The van der Waals surface area contributed by atoms with E-state index in [1.165, 1.54) is 13.8 Å². The van der Waals surface area contributed by atoms with Crippen LogP contribution in [0.5, 0.6) is 0 Å². The van der Waals surface area contributed by atoms with Crippen molar-refractivity contribution < 1.29 is 18.3 Å². The highest BCUT2D eigenvalue weighted by atomic mass is 19.4. The van der Waals surface area contributed by atoms with Gasteiger partial charge in [0.2, 0.25) is 5.54 Å². The highest BCUT2D eigenvalue weighted by Gasteiger charge is 2.41. The molecule has 1 atom stereocenters. The third-order valence-corrected chi connectivity index (χ3v) is 1.88. The van der Waals surface area contributed by atoms with E-state index < -0.39 is 16.9 Å². The second kappa shape index (κ2) is 3.70. The van der Waals surface area contributed by atoms with Crippen molar-refractivity contribution in [3.05, 3.63) is 5.21 Å². The third kappa shape index (κ3) is 2.07. The van der Waals surface area contributed by atoms with E-state index in [1.807, 2.05) is 0 Å². The van der Waals surface area contributed by atoms with Gasteiger partial charge < -0.3 is 5.21 Å². The van der Waals surface area contributed by atoms with Crippen LogP contribution in [0.2, 0.25) is 0 Å². The number of nitrogens with zero attached hydrogens (tertiary/aromatic N) is 3. The summed E-state index contributed by atoms with van der Waals surface area (Å²) in [5.41, 5.74) is -1.60. The summed E-state index contributed by atoms with van der Waals surface area (Å²) in [6.07, 6.45) is 0. The van der Waals surface area contributed by atoms with Crippen molar-refractivity contribution in [2.24, 2.45) is 5.34 Å². The number of hydrogen-bond acceptors (Lipinski definition) is 3. The van der Waals surface area contributed by atoms with Gasteiger partial charge in [-0.2, -0.15) is 0 Å². The van der Waals surface area contributed by atoms with Crippen molar-refractivity contribution in [2.45, 2.75) is 32.4 Å². The van der Waals surface area contributed by atoms with Gasteiger partial charge in [-0.1, -0.05) is 4.86 Å². The molecular weight excluding hydrogens is 175 g/mol. The van der Waals surface area contributed by atoms with E-state index in [4.69, 9.17) is 0 Å². The lowest BCUT2D eigenvalue weighted by Crippen LogP contribution is -2.47. The lowest BCUT2D eigenvalue weighted by molar-refractivity contribution is -0.628. The molecule has 0 aromatic rings. The first kappa shape index (κ1) is 11.2. The molecule has 1 unspecified atom stereocenters. The standard InChI is InChI=1S/C5H10F3N3O/c1-4(10(7)8)5(2,3)11(12)9-6/h4H,1-3H3. The molecule has 0 radical (unpaired) electrons. The highest BCUT2D eigenvalue weighted by Crippen LogP contribution is 2.20. The summed E-state index contributed by atoms with van der Waals surface area (Å²) in [5, 5.41) is 11.2. The molecule has 0 bridgehead atoms. The summed E-state index contributed by atoms with van der Waals surface area (Å²) in [6, 6.07) is -1.41. The Labute approximate surface area is 67.7 Å². The molecule has 0 aromatic heterocycles. The van der Waals surface area contributed by atoms with Crippen LogP contribution in [0, 0.1) is 5.21 Å². The van der Waals surface area contributed by atoms with Gasteiger partial charge in [0.1, 0.15) is 6.04 Å². The van der Waals surface area contributed by atoms with Crippen molar-refractivity contribution in [1.29, 1.82) is 0 Å². The molecule has 0 aliphatic heterocycles. The summed E-state index contributed by atoms with van der Waals surface area (Å²) < 4.78 is 35.3. The Morgan fingerprint density at radius 3 is 2.17 bits per heavy atom. The number of rotatable bonds is 3. The smallest absolute Gasteiger partial charge is 0.216 e. The van der Waals surface area contributed by atoms with Gasteiger partial charge in [-0.05, 0) is 11.4 Å². The minimum atomic E-state index is -1.60. The molecule has 0 heterocycles. The van der Waals surface area contributed by atoms with Crippen molar-refractivity contribution in [1.82, 2.24) is 5.34 Å². The molecule has 0 aliphatic carbocycles. The fraction of sp³-hybridized carbons (Fsp3) is 1.00. The van der Waals surface area contributed by atoms with Gasteiger partial charge in [-0.3, -0.25) is 0 Å². The maximum atomic E-state index is 11.9. The number of hydroxylamine groups is 1. The van der Waals surface area contributed by atoms with Crippen molar-refractivity contribution >= 4 is 0 Å². The average molecular weight is 185 g/mol. The molecule has 7 heteroatoms. The predicted molar refractivity (Wildman–Crippen MR) is 34.8 cm³/mol. The largest absolute Gasteiger partial charge is 0.597 e. The Kier molecular flexibility index (Phi) is 3.44. The van der Waals surface area contributed by atoms with E-state index in [0.717, 1.165) is 6.92 Å². The molecule has 0 saturated carbocycles. The van der Waals surface area contributed by atoms with Crippen LogP contribution < -0.4 is 0 Å².